The molecule has 1 atom stereocenters. The van der Waals surface area contributed by atoms with Gasteiger partial charge in [0.15, 0.2) is 0 Å². The van der Waals surface area contributed by atoms with E-state index in [1.807, 2.05) is 18.2 Å². The van der Waals surface area contributed by atoms with Crippen LogP contribution in [0, 0.1) is 0 Å². The number of carbonyl (C=O) groups is 3. The molecule has 3 N–H and O–H groups in total. The van der Waals surface area contributed by atoms with E-state index in [2.05, 4.69) is 45.1 Å². The lowest BCUT2D eigenvalue weighted by Crippen LogP contribution is -2.52. The molecule has 178 valence electrons. The van der Waals surface area contributed by atoms with Crippen molar-refractivity contribution in [2.75, 3.05) is 26.2 Å². The molecular weight excluding hydrogens is 430 g/mol. The summed E-state index contributed by atoms with van der Waals surface area (Å²) in [6.07, 6.45) is 0.648. The van der Waals surface area contributed by atoms with Gasteiger partial charge in [-0.25, -0.2) is 0 Å². The highest BCUT2D eigenvalue weighted by molar-refractivity contribution is 6.05. The van der Waals surface area contributed by atoms with E-state index in [1.54, 1.807) is 4.90 Å². The molecule has 0 aromatic heterocycles. The second-order valence-corrected chi connectivity index (χ2v) is 9.34. The summed E-state index contributed by atoms with van der Waals surface area (Å²) in [5.74, 6) is -0.780. The van der Waals surface area contributed by atoms with E-state index < -0.39 is 6.04 Å². The van der Waals surface area contributed by atoms with Crippen molar-refractivity contribution in [3.05, 3.63) is 70.3 Å². The van der Waals surface area contributed by atoms with E-state index in [-0.39, 0.29) is 24.1 Å². The summed E-state index contributed by atoms with van der Waals surface area (Å²) in [6, 6.07) is 14.1. The Morgan fingerprint density at radius 1 is 0.912 bits per heavy atom. The number of carbonyl (C=O) groups excluding carboxylic acids is 3. The Morgan fingerprint density at radius 3 is 2.38 bits per heavy atom. The largest absolute Gasteiger partial charge is 0.322 e. The molecule has 0 aliphatic carbocycles. The minimum atomic E-state index is -0.575. The van der Waals surface area contributed by atoms with Gasteiger partial charge in [0.1, 0.15) is 6.04 Å². The summed E-state index contributed by atoms with van der Waals surface area (Å²) in [5, 5.41) is 9.20. The van der Waals surface area contributed by atoms with Crippen LogP contribution in [-0.4, -0.2) is 59.7 Å². The number of fused-ring (bicyclic) bond motifs is 1. The van der Waals surface area contributed by atoms with Crippen molar-refractivity contribution in [1.82, 2.24) is 25.8 Å². The van der Waals surface area contributed by atoms with Gasteiger partial charge in [0, 0.05) is 64.3 Å². The average Bonchev–Trinajstić information content (AvgIpc) is 3.16. The third kappa shape index (κ3) is 5.04. The molecule has 0 spiro atoms. The summed E-state index contributed by atoms with van der Waals surface area (Å²) in [4.78, 5) is 40.7. The smallest absolute Gasteiger partial charge is 0.255 e. The van der Waals surface area contributed by atoms with Gasteiger partial charge < -0.3 is 15.5 Å². The monoisotopic (exact) mass is 461 g/mol. The van der Waals surface area contributed by atoms with Crippen LogP contribution >= 0.6 is 0 Å². The highest BCUT2D eigenvalue weighted by atomic mass is 16.2. The van der Waals surface area contributed by atoms with Crippen LogP contribution in [0.1, 0.15) is 45.5 Å². The van der Waals surface area contributed by atoms with Crippen LogP contribution in [0.3, 0.4) is 0 Å². The zero-order chi connectivity index (χ0) is 23.5. The van der Waals surface area contributed by atoms with Gasteiger partial charge in [-0.3, -0.25) is 24.6 Å². The Morgan fingerprint density at radius 2 is 1.62 bits per heavy atom. The van der Waals surface area contributed by atoms with E-state index in [1.165, 1.54) is 11.1 Å². The van der Waals surface area contributed by atoms with Crippen LogP contribution in [0.15, 0.2) is 42.5 Å². The number of hydrogen-bond acceptors (Lipinski definition) is 6. The highest BCUT2D eigenvalue weighted by Crippen LogP contribution is 2.28. The van der Waals surface area contributed by atoms with Crippen molar-refractivity contribution in [3.63, 3.8) is 0 Å². The first-order valence-electron chi connectivity index (χ1n) is 12.0. The van der Waals surface area contributed by atoms with E-state index >= 15 is 0 Å². The Hall–Kier alpha value is -3.07. The molecule has 3 amide bonds. The van der Waals surface area contributed by atoms with Crippen LogP contribution in [0.25, 0.3) is 0 Å². The first-order chi connectivity index (χ1) is 16.6. The van der Waals surface area contributed by atoms with Crippen LogP contribution in [0.5, 0.6) is 0 Å². The molecule has 8 heteroatoms. The summed E-state index contributed by atoms with van der Waals surface area (Å²) >= 11 is 0. The second kappa shape index (κ2) is 10.0. The molecule has 2 aromatic rings. The molecule has 2 saturated heterocycles. The summed E-state index contributed by atoms with van der Waals surface area (Å²) in [7, 11) is 0. The molecule has 0 radical (unpaired) electrons. The molecule has 1 unspecified atom stereocenters. The molecule has 3 aliphatic rings. The Bertz CT molecular complexity index is 1080. The molecule has 2 fully saturated rings. The molecule has 3 heterocycles. The van der Waals surface area contributed by atoms with Crippen molar-refractivity contribution >= 4 is 17.7 Å². The number of nitrogens with one attached hydrogen (secondary N) is 3. The number of nitrogens with zero attached hydrogens (tertiary/aromatic N) is 2. The zero-order valence-electron chi connectivity index (χ0n) is 19.3. The van der Waals surface area contributed by atoms with Crippen molar-refractivity contribution in [3.8, 4) is 0 Å². The second-order valence-electron chi connectivity index (χ2n) is 9.34. The number of amides is 3. The van der Waals surface area contributed by atoms with Gasteiger partial charge in [-0.1, -0.05) is 36.4 Å². The van der Waals surface area contributed by atoms with Gasteiger partial charge in [0.05, 0.1) is 0 Å². The van der Waals surface area contributed by atoms with E-state index in [0.717, 1.165) is 50.4 Å². The number of benzene rings is 2. The first-order valence-corrected chi connectivity index (χ1v) is 12.0. The maximum Gasteiger partial charge on any atom is 0.255 e. The lowest BCUT2D eigenvalue weighted by molar-refractivity contribution is -0.136. The van der Waals surface area contributed by atoms with E-state index in [0.29, 0.717) is 25.1 Å². The van der Waals surface area contributed by atoms with E-state index in [9.17, 15) is 14.4 Å². The number of piperazine rings is 1. The SMILES string of the molecule is O=C1CCC(N2Cc3ccc(CNCc4ccc(CN5CCNCC5)cc4)cc3C2=O)C(=O)N1. The predicted molar refractivity (Wildman–Crippen MR) is 128 cm³/mol. The number of hydrogen-bond donors (Lipinski definition) is 3. The molecular formula is C26H31N5O3. The number of piperidine rings is 1. The standard InChI is InChI=1S/C26H31N5O3/c32-24-8-7-23(25(33)29-24)31-17-21-6-5-20(13-22(21)26(31)34)15-28-14-18-1-3-19(4-2-18)16-30-11-9-27-10-12-30/h1-6,13,23,27-28H,7-12,14-17H2,(H,29,32,33). The van der Waals surface area contributed by atoms with Crippen molar-refractivity contribution < 1.29 is 14.4 Å². The van der Waals surface area contributed by atoms with Gasteiger partial charge in [0.2, 0.25) is 11.8 Å². The van der Waals surface area contributed by atoms with Crippen molar-refractivity contribution in [1.29, 1.82) is 0 Å². The van der Waals surface area contributed by atoms with Crippen LogP contribution in [0.4, 0.5) is 0 Å². The highest BCUT2D eigenvalue weighted by Gasteiger charge is 2.39. The fraction of sp³-hybridized carbons (Fsp3) is 0.423. The summed E-state index contributed by atoms with van der Waals surface area (Å²) < 4.78 is 0. The Balaban J connectivity index is 1.14. The number of imide groups is 1. The molecule has 8 nitrogen and oxygen atoms in total. The molecule has 2 aromatic carbocycles. The lowest BCUT2D eigenvalue weighted by Gasteiger charge is -2.29. The van der Waals surface area contributed by atoms with Gasteiger partial charge >= 0.3 is 0 Å². The number of rotatable bonds is 7. The molecule has 5 rings (SSSR count). The Labute approximate surface area is 199 Å². The third-order valence-electron chi connectivity index (χ3n) is 6.89. The predicted octanol–water partition coefficient (Wildman–Crippen LogP) is 1.14. The first kappa shape index (κ1) is 22.7. The van der Waals surface area contributed by atoms with Crippen LogP contribution in [0.2, 0.25) is 0 Å². The van der Waals surface area contributed by atoms with Gasteiger partial charge in [-0.15, -0.1) is 0 Å². The average molecular weight is 462 g/mol. The van der Waals surface area contributed by atoms with Gasteiger partial charge in [0.25, 0.3) is 5.91 Å². The van der Waals surface area contributed by atoms with Crippen LogP contribution in [-0.2, 0) is 35.8 Å². The van der Waals surface area contributed by atoms with Gasteiger partial charge in [-0.05, 0) is 34.7 Å². The Kier molecular flexibility index (Phi) is 6.71. The minimum absolute atomic E-state index is 0.133. The molecule has 34 heavy (non-hydrogen) atoms. The maximum atomic E-state index is 13.0. The fourth-order valence-corrected chi connectivity index (χ4v) is 4.95. The quantitative estimate of drug-likeness (QED) is 0.536. The molecule has 0 saturated carbocycles. The maximum absolute atomic E-state index is 13.0. The van der Waals surface area contributed by atoms with Crippen molar-refractivity contribution in [2.24, 2.45) is 0 Å². The molecule has 0 bridgehead atoms. The normalized spacial score (nSPS) is 21.0. The fourth-order valence-electron chi connectivity index (χ4n) is 4.95. The minimum Gasteiger partial charge on any atom is -0.322 e. The van der Waals surface area contributed by atoms with Crippen molar-refractivity contribution in [2.45, 2.75) is 45.1 Å². The van der Waals surface area contributed by atoms with E-state index in [4.69, 9.17) is 0 Å². The lowest BCUT2D eigenvalue weighted by atomic mass is 10.0. The topological polar surface area (TPSA) is 93.8 Å². The summed E-state index contributed by atoms with van der Waals surface area (Å²) in [6.45, 7) is 7.12. The third-order valence-corrected chi connectivity index (χ3v) is 6.89. The zero-order valence-corrected chi connectivity index (χ0v) is 19.3. The van der Waals surface area contributed by atoms with Crippen LogP contribution < -0.4 is 16.0 Å². The van der Waals surface area contributed by atoms with Gasteiger partial charge in [-0.2, -0.15) is 0 Å². The summed E-state index contributed by atoms with van der Waals surface area (Å²) in [5.41, 5.74) is 5.18. The molecule has 3 aliphatic heterocycles.